The zero-order valence-electron chi connectivity index (χ0n) is 16.1. The highest BCUT2D eigenvalue weighted by atomic mass is 35.5. The fraction of sp³-hybridized carbons (Fsp3) is 0.217. The minimum Gasteiger partial charge on any atom is -0.493 e. The van der Waals surface area contributed by atoms with Gasteiger partial charge in [0.2, 0.25) is 6.79 Å². The van der Waals surface area contributed by atoms with E-state index in [9.17, 15) is 0 Å². The summed E-state index contributed by atoms with van der Waals surface area (Å²) < 4.78 is 22.4. The van der Waals surface area contributed by atoms with Crippen LogP contribution in [-0.2, 0) is 19.7 Å². The molecule has 0 saturated heterocycles. The van der Waals surface area contributed by atoms with Gasteiger partial charge in [0.1, 0.15) is 6.61 Å². The molecule has 1 aliphatic rings. The minimum absolute atomic E-state index is 0.281. The number of ether oxygens (including phenoxy) is 4. The normalized spacial score (nSPS) is 12.1. The van der Waals surface area contributed by atoms with Crippen LogP contribution < -0.4 is 24.3 Å². The Labute approximate surface area is 175 Å². The van der Waals surface area contributed by atoms with Gasteiger partial charge >= 0.3 is 0 Å². The second-order valence-electron chi connectivity index (χ2n) is 6.66. The van der Waals surface area contributed by atoms with Crippen LogP contribution in [0, 0.1) is 0 Å². The molecule has 0 atom stereocenters. The van der Waals surface area contributed by atoms with Crippen molar-refractivity contribution in [3.05, 3.63) is 82.4 Å². The Morgan fingerprint density at radius 3 is 2.66 bits per heavy atom. The number of hydrogen-bond acceptors (Lipinski definition) is 5. The molecule has 0 unspecified atom stereocenters. The molecule has 0 fully saturated rings. The Morgan fingerprint density at radius 2 is 1.79 bits per heavy atom. The van der Waals surface area contributed by atoms with Crippen LogP contribution in [-0.4, -0.2) is 13.9 Å². The summed E-state index contributed by atoms with van der Waals surface area (Å²) in [6, 6.07) is 19.5. The molecule has 3 aromatic rings. The molecule has 1 N–H and O–H groups in total. The van der Waals surface area contributed by atoms with Gasteiger partial charge in [0.05, 0.1) is 7.11 Å². The predicted molar refractivity (Wildman–Crippen MR) is 112 cm³/mol. The van der Waals surface area contributed by atoms with E-state index in [1.54, 1.807) is 7.11 Å². The van der Waals surface area contributed by atoms with Crippen LogP contribution in [0.15, 0.2) is 60.7 Å². The monoisotopic (exact) mass is 411 g/mol. The molecule has 29 heavy (non-hydrogen) atoms. The Hall–Kier alpha value is -2.89. The van der Waals surface area contributed by atoms with Gasteiger partial charge in [-0.3, -0.25) is 0 Å². The molecule has 6 heteroatoms. The molecule has 1 heterocycles. The molecular formula is C23H22ClNO4. The number of hydrogen-bond donors (Lipinski definition) is 1. The van der Waals surface area contributed by atoms with Crippen LogP contribution in [0.3, 0.4) is 0 Å². The average Bonchev–Trinajstić information content (AvgIpc) is 3.20. The van der Waals surface area contributed by atoms with E-state index in [4.69, 9.17) is 30.5 Å². The van der Waals surface area contributed by atoms with Crippen LogP contribution >= 0.6 is 11.6 Å². The summed E-state index contributed by atoms with van der Waals surface area (Å²) in [5.74, 6) is 3.01. The number of para-hydroxylation sites is 1. The molecule has 0 radical (unpaired) electrons. The van der Waals surface area contributed by atoms with Crippen LogP contribution in [0.1, 0.15) is 16.7 Å². The van der Waals surface area contributed by atoms with Gasteiger partial charge in [0.25, 0.3) is 0 Å². The summed E-state index contributed by atoms with van der Waals surface area (Å²) in [5, 5.41) is 4.15. The summed E-state index contributed by atoms with van der Waals surface area (Å²) in [7, 11) is 1.64. The zero-order valence-corrected chi connectivity index (χ0v) is 16.9. The lowest BCUT2D eigenvalue weighted by atomic mass is 10.1. The molecule has 1 aliphatic heterocycles. The number of rotatable bonds is 8. The van der Waals surface area contributed by atoms with E-state index >= 15 is 0 Å². The quantitative estimate of drug-likeness (QED) is 0.568. The largest absolute Gasteiger partial charge is 0.493 e. The first-order valence-corrected chi connectivity index (χ1v) is 9.73. The molecule has 0 bridgehead atoms. The maximum Gasteiger partial charge on any atom is 0.231 e. The van der Waals surface area contributed by atoms with E-state index in [1.807, 2.05) is 60.7 Å². The van der Waals surface area contributed by atoms with Crippen molar-refractivity contribution in [2.45, 2.75) is 19.7 Å². The Kier molecular flexibility index (Phi) is 6.08. The molecule has 3 aromatic carbocycles. The van der Waals surface area contributed by atoms with Crippen LogP contribution in [0.5, 0.6) is 23.0 Å². The first kappa shape index (κ1) is 19.4. The number of benzene rings is 3. The molecule has 0 saturated carbocycles. The Bertz CT molecular complexity index is 992. The van der Waals surface area contributed by atoms with Gasteiger partial charge in [-0.2, -0.15) is 0 Å². The van der Waals surface area contributed by atoms with Crippen molar-refractivity contribution in [2.75, 3.05) is 13.9 Å². The molecule has 0 spiro atoms. The number of nitrogens with one attached hydrogen (secondary N) is 1. The highest BCUT2D eigenvalue weighted by Gasteiger charge is 2.14. The molecular weight excluding hydrogens is 390 g/mol. The van der Waals surface area contributed by atoms with Gasteiger partial charge in [-0.1, -0.05) is 41.9 Å². The third-order valence-electron chi connectivity index (χ3n) is 4.63. The van der Waals surface area contributed by atoms with E-state index in [2.05, 4.69) is 5.32 Å². The molecule has 5 nitrogen and oxygen atoms in total. The second kappa shape index (κ2) is 9.07. The van der Waals surface area contributed by atoms with E-state index in [0.29, 0.717) is 30.5 Å². The zero-order chi connectivity index (χ0) is 20.1. The second-order valence-corrected chi connectivity index (χ2v) is 7.09. The van der Waals surface area contributed by atoms with Crippen molar-refractivity contribution in [3.8, 4) is 23.0 Å². The lowest BCUT2D eigenvalue weighted by Crippen LogP contribution is -2.14. The minimum atomic E-state index is 0.281. The maximum atomic E-state index is 6.10. The molecule has 150 valence electrons. The number of halogens is 1. The Balaban J connectivity index is 1.42. The van der Waals surface area contributed by atoms with Crippen molar-refractivity contribution < 1.29 is 18.9 Å². The van der Waals surface area contributed by atoms with E-state index in [-0.39, 0.29) is 6.79 Å². The van der Waals surface area contributed by atoms with Crippen molar-refractivity contribution in [1.29, 1.82) is 0 Å². The first-order valence-electron chi connectivity index (χ1n) is 9.35. The highest BCUT2D eigenvalue weighted by Crippen LogP contribution is 2.33. The van der Waals surface area contributed by atoms with E-state index in [0.717, 1.165) is 33.9 Å². The summed E-state index contributed by atoms with van der Waals surface area (Å²) in [6.07, 6.45) is 0. The summed E-state index contributed by atoms with van der Waals surface area (Å²) in [6.45, 7) is 2.03. The SMILES string of the molecule is COc1cccc(CNCc2ccc3c(c2)OCO3)c1OCc1cccc(Cl)c1. The van der Waals surface area contributed by atoms with Crippen molar-refractivity contribution in [3.63, 3.8) is 0 Å². The molecule has 0 aliphatic carbocycles. The topological polar surface area (TPSA) is 49.0 Å². The van der Waals surface area contributed by atoms with Crippen molar-refractivity contribution in [1.82, 2.24) is 5.32 Å². The molecule has 4 rings (SSSR count). The fourth-order valence-corrected chi connectivity index (χ4v) is 3.41. The lowest BCUT2D eigenvalue weighted by molar-refractivity contribution is 0.174. The summed E-state index contributed by atoms with van der Waals surface area (Å²) in [5.41, 5.74) is 3.15. The smallest absolute Gasteiger partial charge is 0.231 e. The van der Waals surface area contributed by atoms with Crippen LogP contribution in [0.2, 0.25) is 5.02 Å². The predicted octanol–water partition coefficient (Wildman–Crippen LogP) is 4.95. The summed E-state index contributed by atoms with van der Waals surface area (Å²) >= 11 is 6.07. The third kappa shape index (κ3) is 4.75. The van der Waals surface area contributed by atoms with Gasteiger partial charge in [-0.05, 0) is 41.5 Å². The Morgan fingerprint density at radius 1 is 0.931 bits per heavy atom. The summed E-state index contributed by atoms with van der Waals surface area (Å²) in [4.78, 5) is 0. The van der Waals surface area contributed by atoms with Gasteiger partial charge in [0.15, 0.2) is 23.0 Å². The maximum absolute atomic E-state index is 6.10. The van der Waals surface area contributed by atoms with Crippen LogP contribution in [0.25, 0.3) is 0 Å². The van der Waals surface area contributed by atoms with Gasteiger partial charge in [-0.25, -0.2) is 0 Å². The molecule has 0 amide bonds. The number of methoxy groups -OCH3 is 1. The van der Waals surface area contributed by atoms with Gasteiger partial charge in [-0.15, -0.1) is 0 Å². The van der Waals surface area contributed by atoms with E-state index in [1.165, 1.54) is 0 Å². The fourth-order valence-electron chi connectivity index (χ4n) is 3.20. The lowest BCUT2D eigenvalue weighted by Gasteiger charge is -2.16. The average molecular weight is 412 g/mol. The highest BCUT2D eigenvalue weighted by molar-refractivity contribution is 6.30. The third-order valence-corrected chi connectivity index (χ3v) is 4.87. The van der Waals surface area contributed by atoms with Crippen LogP contribution in [0.4, 0.5) is 0 Å². The van der Waals surface area contributed by atoms with Crippen molar-refractivity contribution >= 4 is 11.6 Å². The van der Waals surface area contributed by atoms with Gasteiger partial charge in [0, 0.05) is 23.7 Å². The number of fused-ring (bicyclic) bond motifs is 1. The molecule has 0 aromatic heterocycles. The first-order chi connectivity index (χ1) is 14.2. The van der Waals surface area contributed by atoms with E-state index < -0.39 is 0 Å². The van der Waals surface area contributed by atoms with Gasteiger partial charge < -0.3 is 24.3 Å². The standard InChI is InChI=1S/C23H22ClNO4/c1-26-21-7-3-5-18(23(21)27-14-17-4-2-6-19(24)10-17)13-25-12-16-8-9-20-22(11-16)29-15-28-20/h2-11,25H,12-15H2,1H3. The van der Waals surface area contributed by atoms with Crippen molar-refractivity contribution in [2.24, 2.45) is 0 Å².